The molecule has 5 heteroatoms. The second kappa shape index (κ2) is 7.27. The molecule has 0 aliphatic heterocycles. The first kappa shape index (κ1) is 15.6. The molecular formula is C15H21F2NOS. The van der Waals surface area contributed by atoms with Gasteiger partial charge in [-0.25, -0.2) is 8.78 Å². The molecule has 2 rings (SSSR count). The minimum Gasteiger partial charge on any atom is -0.316 e. The standard InChI is InChI=1S/C15H21F2NOS/c1-18-13-6-4-2-3-5-7-15(13)20(19)14-9-8-11(16)10-12(14)17/h8-10,13,15,18H,2-7H2,1H3. The summed E-state index contributed by atoms with van der Waals surface area (Å²) in [4.78, 5) is 0.122. The van der Waals surface area contributed by atoms with Crippen molar-refractivity contribution in [3.63, 3.8) is 0 Å². The number of nitrogens with one attached hydrogen (secondary N) is 1. The van der Waals surface area contributed by atoms with E-state index in [1.807, 2.05) is 7.05 Å². The van der Waals surface area contributed by atoms with E-state index in [2.05, 4.69) is 5.32 Å². The normalized spacial score (nSPS) is 25.8. The van der Waals surface area contributed by atoms with Gasteiger partial charge in [0.15, 0.2) is 0 Å². The Balaban J connectivity index is 2.23. The molecule has 0 saturated heterocycles. The molecule has 3 unspecified atom stereocenters. The van der Waals surface area contributed by atoms with Crippen LogP contribution in [0.4, 0.5) is 8.78 Å². The van der Waals surface area contributed by atoms with Gasteiger partial charge in [-0.1, -0.05) is 25.7 Å². The van der Waals surface area contributed by atoms with Crippen molar-refractivity contribution in [3.05, 3.63) is 29.8 Å². The maximum atomic E-state index is 13.8. The summed E-state index contributed by atoms with van der Waals surface area (Å²) in [5.41, 5.74) is 0. The molecule has 0 amide bonds. The van der Waals surface area contributed by atoms with Crippen molar-refractivity contribution in [1.29, 1.82) is 0 Å². The lowest BCUT2D eigenvalue weighted by atomic mass is 9.96. The molecule has 0 heterocycles. The molecular weight excluding hydrogens is 280 g/mol. The van der Waals surface area contributed by atoms with Crippen LogP contribution in [0, 0.1) is 11.6 Å². The Morgan fingerprint density at radius 2 is 1.85 bits per heavy atom. The molecule has 112 valence electrons. The molecule has 3 atom stereocenters. The maximum absolute atomic E-state index is 13.8. The van der Waals surface area contributed by atoms with Crippen molar-refractivity contribution in [3.8, 4) is 0 Å². The molecule has 0 bridgehead atoms. The second-order valence-corrected chi connectivity index (χ2v) is 6.94. The van der Waals surface area contributed by atoms with Gasteiger partial charge in [-0.15, -0.1) is 0 Å². The third-order valence-electron chi connectivity index (χ3n) is 3.96. The van der Waals surface area contributed by atoms with Crippen molar-refractivity contribution in [1.82, 2.24) is 5.32 Å². The van der Waals surface area contributed by atoms with Crippen LogP contribution in [0.15, 0.2) is 23.1 Å². The lowest BCUT2D eigenvalue weighted by molar-refractivity contribution is 0.413. The van der Waals surface area contributed by atoms with Crippen LogP contribution in [-0.4, -0.2) is 22.5 Å². The Kier molecular flexibility index (Phi) is 5.66. The molecule has 1 aromatic carbocycles. The van der Waals surface area contributed by atoms with Crippen LogP contribution >= 0.6 is 0 Å². The van der Waals surface area contributed by atoms with Crippen molar-refractivity contribution in [2.75, 3.05) is 7.05 Å². The maximum Gasteiger partial charge on any atom is 0.142 e. The van der Waals surface area contributed by atoms with Crippen LogP contribution in [0.2, 0.25) is 0 Å². The first-order valence-electron chi connectivity index (χ1n) is 7.16. The van der Waals surface area contributed by atoms with Crippen LogP contribution in [0.1, 0.15) is 38.5 Å². The first-order chi connectivity index (χ1) is 9.63. The van der Waals surface area contributed by atoms with E-state index < -0.39 is 22.4 Å². The van der Waals surface area contributed by atoms with E-state index in [-0.39, 0.29) is 16.2 Å². The van der Waals surface area contributed by atoms with Crippen molar-refractivity contribution in [2.45, 2.75) is 54.7 Å². The minimum absolute atomic E-state index is 0.111. The zero-order valence-corrected chi connectivity index (χ0v) is 12.5. The van der Waals surface area contributed by atoms with Gasteiger partial charge < -0.3 is 5.32 Å². The molecule has 2 nitrogen and oxygen atoms in total. The van der Waals surface area contributed by atoms with Gasteiger partial charge in [0.05, 0.1) is 20.9 Å². The van der Waals surface area contributed by atoms with E-state index >= 15 is 0 Å². The average Bonchev–Trinajstić information content (AvgIpc) is 2.38. The summed E-state index contributed by atoms with van der Waals surface area (Å²) in [6.45, 7) is 0. The van der Waals surface area contributed by atoms with Crippen molar-refractivity contribution < 1.29 is 13.0 Å². The molecule has 1 aromatic rings. The summed E-state index contributed by atoms with van der Waals surface area (Å²) in [5.74, 6) is -1.34. The number of rotatable bonds is 3. The average molecular weight is 301 g/mol. The highest BCUT2D eigenvalue weighted by atomic mass is 32.2. The van der Waals surface area contributed by atoms with Crippen LogP contribution in [-0.2, 0) is 10.8 Å². The molecule has 0 spiro atoms. The van der Waals surface area contributed by atoms with Gasteiger partial charge in [-0.2, -0.15) is 0 Å². The fraction of sp³-hybridized carbons (Fsp3) is 0.600. The van der Waals surface area contributed by atoms with Gasteiger partial charge in [-0.3, -0.25) is 4.21 Å². The molecule has 1 aliphatic carbocycles. The Morgan fingerprint density at radius 1 is 1.15 bits per heavy atom. The zero-order valence-electron chi connectivity index (χ0n) is 11.7. The molecule has 1 aliphatic rings. The highest BCUT2D eigenvalue weighted by Crippen LogP contribution is 2.26. The van der Waals surface area contributed by atoms with E-state index in [1.165, 1.54) is 18.6 Å². The summed E-state index contributed by atoms with van der Waals surface area (Å²) in [6, 6.07) is 3.42. The second-order valence-electron chi connectivity index (χ2n) is 5.30. The topological polar surface area (TPSA) is 29.1 Å². The monoisotopic (exact) mass is 301 g/mol. The molecule has 20 heavy (non-hydrogen) atoms. The van der Waals surface area contributed by atoms with Gasteiger partial charge in [-0.05, 0) is 32.0 Å². The van der Waals surface area contributed by atoms with E-state index in [0.717, 1.165) is 38.2 Å². The number of halogens is 2. The third kappa shape index (κ3) is 3.64. The van der Waals surface area contributed by atoms with Crippen LogP contribution < -0.4 is 5.32 Å². The quantitative estimate of drug-likeness (QED) is 0.927. The van der Waals surface area contributed by atoms with Crippen LogP contribution in [0.3, 0.4) is 0 Å². The Bertz CT molecular complexity index is 481. The van der Waals surface area contributed by atoms with Crippen LogP contribution in [0.5, 0.6) is 0 Å². The molecule has 1 fully saturated rings. The molecule has 1 saturated carbocycles. The third-order valence-corrected chi connectivity index (χ3v) is 5.84. The van der Waals surface area contributed by atoms with Gasteiger partial charge in [0.25, 0.3) is 0 Å². The molecule has 0 aromatic heterocycles. The Hall–Kier alpha value is -0.810. The summed E-state index contributed by atoms with van der Waals surface area (Å²) in [7, 11) is 0.416. The summed E-state index contributed by atoms with van der Waals surface area (Å²) in [5, 5.41) is 3.10. The number of hydrogen-bond donors (Lipinski definition) is 1. The van der Waals surface area contributed by atoms with E-state index in [0.29, 0.717) is 0 Å². The lowest BCUT2D eigenvalue weighted by Gasteiger charge is -2.28. The number of benzene rings is 1. The summed E-state index contributed by atoms with van der Waals surface area (Å²) in [6.07, 6.45) is 6.21. The SMILES string of the molecule is CNC1CCCCCCC1S(=O)c1ccc(F)cc1F. The lowest BCUT2D eigenvalue weighted by Crippen LogP contribution is -2.41. The van der Waals surface area contributed by atoms with Gasteiger partial charge >= 0.3 is 0 Å². The minimum atomic E-state index is -1.44. The zero-order chi connectivity index (χ0) is 14.5. The van der Waals surface area contributed by atoms with Crippen molar-refractivity contribution >= 4 is 10.8 Å². The molecule has 0 radical (unpaired) electrons. The van der Waals surface area contributed by atoms with E-state index in [9.17, 15) is 13.0 Å². The first-order valence-corrected chi connectivity index (χ1v) is 8.37. The Morgan fingerprint density at radius 3 is 2.50 bits per heavy atom. The fourth-order valence-electron chi connectivity index (χ4n) is 2.84. The summed E-state index contributed by atoms with van der Waals surface area (Å²) < 4.78 is 39.5. The molecule has 1 N–H and O–H groups in total. The highest BCUT2D eigenvalue weighted by molar-refractivity contribution is 7.85. The number of hydrogen-bond acceptors (Lipinski definition) is 2. The predicted molar refractivity (Wildman–Crippen MR) is 77.1 cm³/mol. The largest absolute Gasteiger partial charge is 0.316 e. The van der Waals surface area contributed by atoms with Gasteiger partial charge in [0.1, 0.15) is 11.6 Å². The predicted octanol–water partition coefficient (Wildman–Crippen LogP) is 3.38. The fourth-order valence-corrected chi connectivity index (χ4v) is 4.57. The highest BCUT2D eigenvalue weighted by Gasteiger charge is 2.29. The Labute approximate surface area is 121 Å². The smallest absolute Gasteiger partial charge is 0.142 e. The van der Waals surface area contributed by atoms with E-state index in [4.69, 9.17) is 0 Å². The van der Waals surface area contributed by atoms with Gasteiger partial charge in [0, 0.05) is 12.1 Å². The summed E-state index contributed by atoms with van der Waals surface area (Å²) >= 11 is 0. The van der Waals surface area contributed by atoms with Crippen LogP contribution in [0.25, 0.3) is 0 Å². The van der Waals surface area contributed by atoms with Crippen molar-refractivity contribution in [2.24, 2.45) is 0 Å². The van der Waals surface area contributed by atoms with Gasteiger partial charge in [0.2, 0.25) is 0 Å². The van der Waals surface area contributed by atoms with E-state index in [1.54, 1.807) is 0 Å².